The lowest BCUT2D eigenvalue weighted by molar-refractivity contribution is 0.101. The second kappa shape index (κ2) is 3.47. The Morgan fingerprint density at radius 2 is 2.23 bits per heavy atom. The average Bonchev–Trinajstić information content (AvgIpc) is 2.72. The molecule has 0 unspecified atom stereocenters. The van der Waals surface area contributed by atoms with Gasteiger partial charge in [0, 0.05) is 0 Å². The molecule has 0 aliphatic carbocycles. The molecule has 2 aromatic rings. The molecule has 0 fully saturated rings. The molecule has 0 amide bonds. The van der Waals surface area contributed by atoms with Crippen molar-refractivity contribution in [1.82, 2.24) is 0 Å². The highest BCUT2D eigenvalue weighted by molar-refractivity contribution is 9.10. The van der Waals surface area contributed by atoms with E-state index in [9.17, 15) is 4.79 Å². The number of hydrogen-bond acceptors (Lipinski definition) is 3. The molecule has 2 nitrogen and oxygen atoms in total. The van der Waals surface area contributed by atoms with Crippen LogP contribution in [0.25, 0.3) is 0 Å². The number of thiophene rings is 1. The molecule has 0 aromatic carbocycles. The molecule has 66 valence electrons. The fraction of sp³-hybridized carbons (Fsp3) is 0. The number of carbonyl (C=O) groups excluding carboxylic acids is 1. The minimum absolute atomic E-state index is 0.0688. The van der Waals surface area contributed by atoms with E-state index >= 15 is 0 Å². The first-order valence-electron chi connectivity index (χ1n) is 3.61. The van der Waals surface area contributed by atoms with E-state index < -0.39 is 0 Å². The summed E-state index contributed by atoms with van der Waals surface area (Å²) in [4.78, 5) is 12.3. The highest BCUT2D eigenvalue weighted by Gasteiger charge is 2.13. The van der Waals surface area contributed by atoms with Crippen LogP contribution in [0.2, 0.25) is 0 Å². The summed E-state index contributed by atoms with van der Waals surface area (Å²) in [6.07, 6.45) is 0. The van der Waals surface area contributed by atoms with Crippen molar-refractivity contribution in [2.75, 3.05) is 0 Å². The second-order valence-corrected chi connectivity index (χ2v) is 4.14. The molecule has 2 heterocycles. The van der Waals surface area contributed by atoms with Gasteiger partial charge in [0.15, 0.2) is 10.4 Å². The maximum atomic E-state index is 11.6. The molecule has 13 heavy (non-hydrogen) atoms. The van der Waals surface area contributed by atoms with E-state index in [1.54, 1.807) is 18.2 Å². The Bertz CT molecular complexity index is 417. The number of carbonyl (C=O) groups is 1. The van der Waals surface area contributed by atoms with Gasteiger partial charge in [-0.15, -0.1) is 11.3 Å². The van der Waals surface area contributed by atoms with Gasteiger partial charge < -0.3 is 4.42 Å². The molecular formula is C9H5BrO2S. The van der Waals surface area contributed by atoms with E-state index in [1.165, 1.54) is 11.3 Å². The van der Waals surface area contributed by atoms with Gasteiger partial charge in [-0.25, -0.2) is 0 Å². The van der Waals surface area contributed by atoms with Gasteiger partial charge >= 0.3 is 0 Å². The molecular weight excluding hydrogens is 252 g/mol. The molecule has 0 saturated carbocycles. The Morgan fingerprint density at radius 3 is 2.77 bits per heavy atom. The first kappa shape index (κ1) is 8.72. The van der Waals surface area contributed by atoms with E-state index in [1.807, 2.05) is 11.4 Å². The van der Waals surface area contributed by atoms with Crippen molar-refractivity contribution in [3.63, 3.8) is 0 Å². The van der Waals surface area contributed by atoms with Gasteiger partial charge in [0.2, 0.25) is 5.78 Å². The van der Waals surface area contributed by atoms with Crippen LogP contribution in [0.1, 0.15) is 15.4 Å². The van der Waals surface area contributed by atoms with Gasteiger partial charge in [0.05, 0.1) is 4.88 Å². The van der Waals surface area contributed by atoms with Gasteiger partial charge in [-0.1, -0.05) is 6.07 Å². The van der Waals surface area contributed by atoms with Crippen LogP contribution in [-0.2, 0) is 0 Å². The van der Waals surface area contributed by atoms with Crippen molar-refractivity contribution in [3.05, 3.63) is 45.0 Å². The van der Waals surface area contributed by atoms with E-state index in [4.69, 9.17) is 4.42 Å². The quantitative estimate of drug-likeness (QED) is 0.772. The average molecular weight is 257 g/mol. The first-order chi connectivity index (χ1) is 6.27. The summed E-state index contributed by atoms with van der Waals surface area (Å²) in [6.45, 7) is 0. The lowest BCUT2D eigenvalue weighted by Gasteiger charge is -1.90. The number of halogens is 1. The number of furan rings is 1. The Morgan fingerprint density at radius 1 is 1.38 bits per heavy atom. The molecule has 0 bridgehead atoms. The molecule has 0 aliphatic heterocycles. The summed E-state index contributed by atoms with van der Waals surface area (Å²) in [5.41, 5.74) is 0. The highest BCUT2D eigenvalue weighted by Crippen LogP contribution is 2.19. The summed E-state index contributed by atoms with van der Waals surface area (Å²) in [6, 6.07) is 6.99. The molecule has 0 atom stereocenters. The van der Waals surface area contributed by atoms with Crippen molar-refractivity contribution < 1.29 is 9.21 Å². The minimum atomic E-state index is -0.0688. The molecule has 2 aromatic heterocycles. The zero-order valence-electron chi connectivity index (χ0n) is 6.49. The van der Waals surface area contributed by atoms with Gasteiger partial charge in [-0.05, 0) is 39.5 Å². The summed E-state index contributed by atoms with van der Waals surface area (Å²) in [5, 5.41) is 1.87. The molecule has 0 aliphatic rings. The third-order valence-electron chi connectivity index (χ3n) is 1.54. The Balaban J connectivity index is 2.33. The molecule has 2 rings (SSSR count). The normalized spacial score (nSPS) is 10.2. The van der Waals surface area contributed by atoms with Gasteiger partial charge in [0.25, 0.3) is 0 Å². The topological polar surface area (TPSA) is 30.2 Å². The van der Waals surface area contributed by atoms with E-state index in [-0.39, 0.29) is 5.78 Å². The fourth-order valence-corrected chi connectivity index (χ4v) is 1.94. The largest absolute Gasteiger partial charge is 0.446 e. The summed E-state index contributed by atoms with van der Waals surface area (Å²) in [5.74, 6) is 0.301. The summed E-state index contributed by atoms with van der Waals surface area (Å²) in [7, 11) is 0. The van der Waals surface area contributed by atoms with Crippen LogP contribution >= 0.6 is 27.3 Å². The second-order valence-electron chi connectivity index (χ2n) is 2.41. The zero-order chi connectivity index (χ0) is 9.26. The van der Waals surface area contributed by atoms with Crippen molar-refractivity contribution in [3.8, 4) is 0 Å². The monoisotopic (exact) mass is 256 g/mol. The Labute approximate surface area is 87.3 Å². The molecule has 0 spiro atoms. The Kier molecular flexibility index (Phi) is 2.33. The third-order valence-corrected chi connectivity index (χ3v) is 2.84. The molecule has 0 N–H and O–H groups in total. The van der Waals surface area contributed by atoms with E-state index in [0.29, 0.717) is 15.3 Å². The van der Waals surface area contributed by atoms with Crippen LogP contribution in [-0.4, -0.2) is 5.78 Å². The summed E-state index contributed by atoms with van der Waals surface area (Å²) < 4.78 is 5.72. The number of rotatable bonds is 2. The fourth-order valence-electron chi connectivity index (χ4n) is 0.966. The summed E-state index contributed by atoms with van der Waals surface area (Å²) >= 11 is 4.56. The van der Waals surface area contributed by atoms with Gasteiger partial charge in [-0.2, -0.15) is 0 Å². The maximum Gasteiger partial charge on any atom is 0.238 e. The van der Waals surface area contributed by atoms with Crippen molar-refractivity contribution in [1.29, 1.82) is 0 Å². The molecule has 4 heteroatoms. The molecule has 0 radical (unpaired) electrons. The van der Waals surface area contributed by atoms with E-state index in [2.05, 4.69) is 15.9 Å². The number of ketones is 1. The van der Waals surface area contributed by atoms with Crippen molar-refractivity contribution in [2.45, 2.75) is 0 Å². The first-order valence-corrected chi connectivity index (χ1v) is 5.28. The predicted octanol–water partition coefficient (Wildman–Crippen LogP) is 3.33. The van der Waals surface area contributed by atoms with Gasteiger partial charge in [-0.3, -0.25) is 4.79 Å². The van der Waals surface area contributed by atoms with Crippen LogP contribution in [0.5, 0.6) is 0 Å². The lowest BCUT2D eigenvalue weighted by atomic mass is 10.2. The van der Waals surface area contributed by atoms with Crippen LogP contribution in [0.15, 0.2) is 38.7 Å². The van der Waals surface area contributed by atoms with E-state index in [0.717, 1.165) is 0 Å². The molecule has 0 saturated heterocycles. The standard InChI is InChI=1S/C9H5BrO2S/c10-8-4-3-6(12-8)9(11)7-2-1-5-13-7/h1-5H. The number of hydrogen-bond donors (Lipinski definition) is 0. The highest BCUT2D eigenvalue weighted by atomic mass is 79.9. The van der Waals surface area contributed by atoms with Gasteiger partial charge in [0.1, 0.15) is 0 Å². The van der Waals surface area contributed by atoms with Crippen molar-refractivity contribution in [2.24, 2.45) is 0 Å². The predicted molar refractivity (Wildman–Crippen MR) is 54.2 cm³/mol. The van der Waals surface area contributed by atoms with Crippen LogP contribution in [0.3, 0.4) is 0 Å². The maximum absolute atomic E-state index is 11.6. The SMILES string of the molecule is O=C(c1ccc(Br)o1)c1cccs1. The minimum Gasteiger partial charge on any atom is -0.446 e. The zero-order valence-corrected chi connectivity index (χ0v) is 8.89. The van der Waals surface area contributed by atoms with Crippen LogP contribution in [0, 0.1) is 0 Å². The third kappa shape index (κ3) is 1.73. The smallest absolute Gasteiger partial charge is 0.238 e. The van der Waals surface area contributed by atoms with Crippen LogP contribution < -0.4 is 0 Å². The van der Waals surface area contributed by atoms with Crippen LogP contribution in [0.4, 0.5) is 0 Å². The van der Waals surface area contributed by atoms with Crippen molar-refractivity contribution >= 4 is 33.0 Å². The lowest BCUT2D eigenvalue weighted by Crippen LogP contribution is -1.95. The Hall–Kier alpha value is -0.870.